The third kappa shape index (κ3) is 48.3. The van der Waals surface area contributed by atoms with Gasteiger partial charge in [0.2, 0.25) is 5.91 Å². The van der Waals surface area contributed by atoms with Gasteiger partial charge in [0.15, 0.2) is 0 Å². The summed E-state index contributed by atoms with van der Waals surface area (Å²) in [5.41, 5.74) is 0. The second kappa shape index (κ2) is 53.0. The molecule has 0 aliphatic heterocycles. The molecule has 0 aromatic carbocycles. The largest absolute Gasteiger partial charge is 0.462 e. The van der Waals surface area contributed by atoms with Gasteiger partial charge in [0.1, 0.15) is 6.10 Å². The van der Waals surface area contributed by atoms with Crippen LogP contribution < -0.4 is 5.32 Å². The van der Waals surface area contributed by atoms with E-state index in [1.807, 2.05) is 66.8 Å². The van der Waals surface area contributed by atoms with Crippen molar-refractivity contribution in [3.63, 3.8) is 0 Å². The predicted molar refractivity (Wildman–Crippen MR) is 291 cm³/mol. The quantitative estimate of drug-likeness (QED) is 0.0245. The van der Waals surface area contributed by atoms with E-state index in [0.29, 0.717) is 19.3 Å². The molecule has 0 bridgehead atoms. The lowest BCUT2D eigenvalue weighted by Crippen LogP contribution is -2.46. The topological polar surface area (TPSA) is 95.9 Å². The number of hydrogen-bond donors (Lipinski definition) is 3. The number of aliphatic hydroxyl groups excluding tert-OH is 2. The molecule has 378 valence electrons. The van der Waals surface area contributed by atoms with Crippen LogP contribution in [0.15, 0.2) is 134 Å². The summed E-state index contributed by atoms with van der Waals surface area (Å²) in [6.45, 7) is 6.18. The molecule has 0 aliphatic rings. The summed E-state index contributed by atoms with van der Waals surface area (Å²) in [4.78, 5) is 26.2. The summed E-state index contributed by atoms with van der Waals surface area (Å²) in [6, 6.07) is -0.751. The minimum absolute atomic E-state index is 0.0121. The van der Waals surface area contributed by atoms with Gasteiger partial charge in [0.25, 0.3) is 0 Å². The first-order valence-electron chi connectivity index (χ1n) is 27.0. The van der Waals surface area contributed by atoms with E-state index < -0.39 is 18.2 Å². The first kappa shape index (κ1) is 63.0. The van der Waals surface area contributed by atoms with Crippen molar-refractivity contribution in [2.75, 3.05) is 6.61 Å². The third-order valence-electron chi connectivity index (χ3n) is 11.4. The zero-order valence-electron chi connectivity index (χ0n) is 43.0. The van der Waals surface area contributed by atoms with Crippen LogP contribution in [0.5, 0.6) is 0 Å². The highest BCUT2D eigenvalue weighted by Gasteiger charge is 2.23. The minimum atomic E-state index is -0.830. The number of aliphatic hydroxyl groups is 2. The average molecular weight is 926 g/mol. The molecule has 3 N–H and O–H groups in total. The molecule has 6 heteroatoms. The van der Waals surface area contributed by atoms with Crippen LogP contribution in [0.2, 0.25) is 0 Å². The Morgan fingerprint density at radius 1 is 0.463 bits per heavy atom. The molecule has 0 fully saturated rings. The molecule has 0 saturated heterocycles. The fourth-order valence-electron chi connectivity index (χ4n) is 7.40. The maximum atomic E-state index is 13.2. The van der Waals surface area contributed by atoms with Crippen LogP contribution in [-0.2, 0) is 14.3 Å². The summed E-state index contributed by atoms with van der Waals surface area (Å²) in [6.07, 6.45) is 75.2. The van der Waals surface area contributed by atoms with Crippen LogP contribution in [-0.4, -0.2) is 46.9 Å². The number of carbonyl (C=O) groups is 2. The van der Waals surface area contributed by atoms with Crippen molar-refractivity contribution >= 4 is 11.9 Å². The van der Waals surface area contributed by atoms with Crippen LogP contribution >= 0.6 is 0 Å². The van der Waals surface area contributed by atoms with Gasteiger partial charge in [-0.1, -0.05) is 264 Å². The lowest BCUT2D eigenvalue weighted by Gasteiger charge is -2.24. The van der Waals surface area contributed by atoms with Crippen molar-refractivity contribution in [2.24, 2.45) is 0 Å². The molecule has 0 aromatic rings. The van der Waals surface area contributed by atoms with E-state index in [2.05, 4.69) is 92.9 Å². The lowest BCUT2D eigenvalue weighted by atomic mass is 10.0. The van der Waals surface area contributed by atoms with Gasteiger partial charge < -0.3 is 20.3 Å². The number of nitrogens with one attached hydrogen (secondary N) is 1. The number of carbonyl (C=O) groups excluding carboxylic acids is 2. The maximum absolute atomic E-state index is 13.2. The van der Waals surface area contributed by atoms with Crippen LogP contribution in [0.25, 0.3) is 0 Å². The first-order chi connectivity index (χ1) is 33.0. The number of amides is 1. The molecule has 0 aromatic heterocycles. The summed E-state index contributed by atoms with van der Waals surface area (Å²) in [5, 5.41) is 23.8. The predicted octanol–water partition coefficient (Wildman–Crippen LogP) is 16.6. The Morgan fingerprint density at radius 2 is 0.881 bits per heavy atom. The van der Waals surface area contributed by atoms with Crippen molar-refractivity contribution in [1.82, 2.24) is 5.32 Å². The van der Waals surface area contributed by atoms with Gasteiger partial charge in [0, 0.05) is 6.42 Å². The number of ether oxygens (including phenoxy) is 1. The number of unbranched alkanes of at least 4 members (excludes halogenated alkanes) is 17. The van der Waals surface area contributed by atoms with Gasteiger partial charge in [-0.3, -0.25) is 9.59 Å². The normalized spacial score (nSPS) is 14.3. The van der Waals surface area contributed by atoms with E-state index in [0.717, 1.165) is 70.6 Å². The Labute approximate surface area is 412 Å². The number of esters is 1. The van der Waals surface area contributed by atoms with Gasteiger partial charge in [0.05, 0.1) is 25.2 Å². The van der Waals surface area contributed by atoms with Gasteiger partial charge in [-0.2, -0.15) is 0 Å². The van der Waals surface area contributed by atoms with Crippen LogP contribution in [0.3, 0.4) is 0 Å². The average Bonchev–Trinajstić information content (AvgIpc) is 3.32. The molecule has 0 heterocycles. The number of allylic oxidation sites excluding steroid dienone is 22. The Kier molecular flexibility index (Phi) is 49.8. The molecule has 67 heavy (non-hydrogen) atoms. The third-order valence-corrected chi connectivity index (χ3v) is 11.4. The monoisotopic (exact) mass is 926 g/mol. The molecule has 6 nitrogen and oxygen atoms in total. The highest BCUT2D eigenvalue weighted by Crippen LogP contribution is 2.16. The lowest BCUT2D eigenvalue weighted by molar-refractivity contribution is -0.150. The van der Waals surface area contributed by atoms with E-state index >= 15 is 0 Å². The highest BCUT2D eigenvalue weighted by molar-refractivity contribution is 5.77. The SMILES string of the molecule is CC\C=C/C=C/C=C/C=C\C=C\C=C\CCCC(CC(=O)NC(CO)C(O)CCCCCCCCCCCCCCCCCCC)OC(=O)CC/C=C/C/C=C/C/C=C/C/C=C/C/C=C/CC. The second-order valence-corrected chi connectivity index (χ2v) is 17.7. The molecule has 3 unspecified atom stereocenters. The Hall–Kier alpha value is -4.00. The number of rotatable bonds is 46. The molecular weight excluding hydrogens is 827 g/mol. The molecule has 0 aliphatic carbocycles. The summed E-state index contributed by atoms with van der Waals surface area (Å²) in [5.74, 6) is -0.660. The maximum Gasteiger partial charge on any atom is 0.306 e. The van der Waals surface area contributed by atoms with Gasteiger partial charge in [-0.25, -0.2) is 0 Å². The van der Waals surface area contributed by atoms with Crippen molar-refractivity contribution < 1.29 is 24.5 Å². The molecule has 0 saturated carbocycles. The molecule has 0 rings (SSSR count). The van der Waals surface area contributed by atoms with Crippen molar-refractivity contribution in [3.05, 3.63) is 134 Å². The summed E-state index contributed by atoms with van der Waals surface area (Å²) >= 11 is 0. The standard InChI is InChI=1S/C61H99NO5/c1-4-7-10-13-16-19-22-25-28-30-32-35-38-41-44-47-50-53-59(64)58(56-63)62-60(65)55-57(52-49-46-43-40-37-34-31-27-24-21-18-15-12-9-6-3)67-61(66)54-51-48-45-42-39-36-33-29-26-23-20-17-14-11-8-5-2/h8-9,11-12,15,17-18,20-21,24,26-27,29,31,34,36-37,39-40,43,45,48,57-59,63-64H,4-7,10,13-14,16,19,22-23,25,28,30,32-33,35,38,41-42,44,46-47,49-56H2,1-3H3,(H,62,65)/b11-8+,12-9-,18-15+,20-17+,24-21+,29-26+,31-27-,37-34+,39-36+,43-40+,48-45+. The highest BCUT2D eigenvalue weighted by atomic mass is 16.5. The Morgan fingerprint density at radius 3 is 1.34 bits per heavy atom. The van der Waals surface area contributed by atoms with Crippen molar-refractivity contribution in [3.8, 4) is 0 Å². The van der Waals surface area contributed by atoms with E-state index in [1.165, 1.54) is 89.9 Å². The Balaban J connectivity index is 4.79. The molecule has 3 atom stereocenters. The fourth-order valence-corrected chi connectivity index (χ4v) is 7.40. The first-order valence-corrected chi connectivity index (χ1v) is 27.0. The minimum Gasteiger partial charge on any atom is -0.462 e. The molecule has 0 spiro atoms. The smallest absolute Gasteiger partial charge is 0.306 e. The van der Waals surface area contributed by atoms with E-state index in [-0.39, 0.29) is 31.3 Å². The van der Waals surface area contributed by atoms with Crippen LogP contribution in [0, 0.1) is 0 Å². The molecule has 0 radical (unpaired) electrons. The van der Waals surface area contributed by atoms with Gasteiger partial charge in [-0.15, -0.1) is 0 Å². The fraction of sp³-hybridized carbons (Fsp3) is 0.607. The van der Waals surface area contributed by atoms with Crippen molar-refractivity contribution in [2.45, 2.75) is 232 Å². The summed E-state index contributed by atoms with van der Waals surface area (Å²) in [7, 11) is 0. The van der Waals surface area contributed by atoms with E-state index in [9.17, 15) is 19.8 Å². The Bertz CT molecular complexity index is 1460. The van der Waals surface area contributed by atoms with E-state index in [4.69, 9.17) is 4.74 Å². The molecular formula is C61H99NO5. The number of hydrogen-bond acceptors (Lipinski definition) is 5. The van der Waals surface area contributed by atoms with Crippen LogP contribution in [0.4, 0.5) is 0 Å². The zero-order chi connectivity index (χ0) is 48.8. The van der Waals surface area contributed by atoms with Crippen LogP contribution in [0.1, 0.15) is 213 Å². The van der Waals surface area contributed by atoms with Gasteiger partial charge >= 0.3 is 5.97 Å². The second-order valence-electron chi connectivity index (χ2n) is 17.7. The van der Waals surface area contributed by atoms with E-state index in [1.54, 1.807) is 0 Å². The van der Waals surface area contributed by atoms with Gasteiger partial charge in [-0.05, 0) is 70.6 Å². The zero-order valence-corrected chi connectivity index (χ0v) is 43.0. The van der Waals surface area contributed by atoms with Crippen molar-refractivity contribution in [1.29, 1.82) is 0 Å². The molecule has 1 amide bonds. The summed E-state index contributed by atoms with van der Waals surface area (Å²) < 4.78 is 5.86.